The topological polar surface area (TPSA) is 149 Å². The molecule has 5 rings (SSSR count). The van der Waals surface area contributed by atoms with E-state index in [0.717, 1.165) is 5.56 Å². The van der Waals surface area contributed by atoms with Crippen molar-refractivity contribution in [3.05, 3.63) is 49.1 Å². The van der Waals surface area contributed by atoms with Gasteiger partial charge >= 0.3 is 0 Å². The molecule has 0 atom stereocenters. The summed E-state index contributed by atoms with van der Waals surface area (Å²) < 4.78 is 34.4. The number of nitrogens with zero attached hydrogens (tertiary/aromatic N) is 8. The van der Waals surface area contributed by atoms with Crippen LogP contribution in [0.25, 0.3) is 23.0 Å². The van der Waals surface area contributed by atoms with Crippen LogP contribution in [0.15, 0.2) is 58.5 Å². The second-order valence-corrected chi connectivity index (χ2v) is 9.39. The second-order valence-electron chi connectivity index (χ2n) is 7.51. The predicted molar refractivity (Wildman–Crippen MR) is 121 cm³/mol. The highest BCUT2D eigenvalue weighted by Gasteiger charge is 2.31. The van der Waals surface area contributed by atoms with E-state index >= 15 is 0 Å². The molecule has 172 valence electrons. The highest BCUT2D eigenvalue weighted by atomic mass is 32.2. The quantitative estimate of drug-likeness (QED) is 0.453. The summed E-state index contributed by atoms with van der Waals surface area (Å²) in [5, 5.41) is 8.20. The van der Waals surface area contributed by atoms with Gasteiger partial charge in [-0.1, -0.05) is 18.2 Å². The molecular weight excluding hydrogens is 446 g/mol. The van der Waals surface area contributed by atoms with Crippen molar-refractivity contribution >= 4 is 21.7 Å². The fraction of sp³-hybridized carbons (Fsp3) is 0.250. The Labute approximate surface area is 191 Å². The molecular formula is C20H23N9O3S. The first-order valence-electron chi connectivity index (χ1n) is 10.2. The summed E-state index contributed by atoms with van der Waals surface area (Å²) in [6.45, 7) is 1.45. The molecule has 33 heavy (non-hydrogen) atoms. The first-order chi connectivity index (χ1) is 15.9. The maximum absolute atomic E-state index is 12.8. The molecule has 4 aromatic rings. The summed E-state index contributed by atoms with van der Waals surface area (Å²) >= 11 is 0. The van der Waals surface area contributed by atoms with Gasteiger partial charge in [-0.15, -0.1) is 10.2 Å². The smallest absolute Gasteiger partial charge is 0.270 e. The molecule has 0 aliphatic carbocycles. The molecule has 1 aliphatic heterocycles. The third-order valence-corrected chi connectivity index (χ3v) is 7.07. The molecule has 2 N–H and O–H groups in total. The molecule has 13 heteroatoms. The van der Waals surface area contributed by atoms with E-state index in [0.29, 0.717) is 37.9 Å². The standard InChI is InChI=1S/C20H21N9O3S.H2/c1-27-12-16(23-13-27)33(30,31)29-9-7-28(8-10-29)15-11-22-18(21)17(24-15)20-26-25-19(32-20)14-5-3-2-4-6-14;/h2-6,11-13H,7-10H2,1H3,(H2,21,22);1H. The molecule has 1 aromatic carbocycles. The van der Waals surface area contributed by atoms with E-state index in [1.165, 1.54) is 16.8 Å². The van der Waals surface area contributed by atoms with Gasteiger partial charge in [-0.05, 0) is 12.1 Å². The number of hydrogen-bond donors (Lipinski definition) is 1. The van der Waals surface area contributed by atoms with Gasteiger partial charge in [0, 0.05) is 46.4 Å². The minimum Gasteiger partial charge on any atom is -0.414 e. The summed E-state index contributed by atoms with van der Waals surface area (Å²) in [5.41, 5.74) is 7.09. The number of aryl methyl sites for hydroxylation is 1. The number of piperazine rings is 1. The lowest BCUT2D eigenvalue weighted by atomic mass is 10.2. The SMILES string of the molecule is Cn1cnc(S(=O)(=O)N2CCN(c3cnc(N)c(-c4nnc(-c5ccccc5)o4)n3)CC2)c1.[HH]. The summed E-state index contributed by atoms with van der Waals surface area (Å²) in [6.07, 6.45) is 4.51. The van der Waals surface area contributed by atoms with Crippen molar-refractivity contribution < 1.29 is 14.3 Å². The van der Waals surface area contributed by atoms with Crippen LogP contribution in [0.4, 0.5) is 11.6 Å². The zero-order valence-electron chi connectivity index (χ0n) is 17.7. The molecule has 0 spiro atoms. The van der Waals surface area contributed by atoms with E-state index < -0.39 is 10.0 Å². The second kappa shape index (κ2) is 8.26. The van der Waals surface area contributed by atoms with Crippen molar-refractivity contribution in [2.75, 3.05) is 36.8 Å². The van der Waals surface area contributed by atoms with E-state index in [9.17, 15) is 8.42 Å². The van der Waals surface area contributed by atoms with Gasteiger partial charge < -0.3 is 19.6 Å². The normalized spacial score (nSPS) is 15.1. The highest BCUT2D eigenvalue weighted by molar-refractivity contribution is 7.89. The molecule has 1 aliphatic rings. The number of anilines is 2. The van der Waals surface area contributed by atoms with Crippen molar-refractivity contribution in [1.29, 1.82) is 0 Å². The van der Waals surface area contributed by atoms with Crippen LogP contribution in [-0.4, -0.2) is 68.6 Å². The average molecular weight is 470 g/mol. The Morgan fingerprint density at radius 1 is 1.03 bits per heavy atom. The molecule has 0 radical (unpaired) electrons. The van der Waals surface area contributed by atoms with Crippen LogP contribution in [-0.2, 0) is 17.1 Å². The number of nitrogen functional groups attached to an aromatic ring is 1. The van der Waals surface area contributed by atoms with Gasteiger partial charge in [0.15, 0.2) is 16.5 Å². The van der Waals surface area contributed by atoms with Crippen molar-refractivity contribution in [2.45, 2.75) is 5.03 Å². The van der Waals surface area contributed by atoms with Crippen LogP contribution in [0, 0.1) is 0 Å². The molecule has 0 unspecified atom stereocenters. The molecule has 4 heterocycles. The zero-order valence-corrected chi connectivity index (χ0v) is 18.6. The summed E-state index contributed by atoms with van der Waals surface area (Å²) in [4.78, 5) is 14.7. The minimum absolute atomic E-state index is 0. The van der Waals surface area contributed by atoms with E-state index in [4.69, 9.17) is 10.2 Å². The van der Waals surface area contributed by atoms with Crippen LogP contribution in [0.3, 0.4) is 0 Å². The van der Waals surface area contributed by atoms with Gasteiger partial charge in [-0.25, -0.2) is 23.4 Å². The minimum atomic E-state index is -3.64. The number of benzene rings is 1. The van der Waals surface area contributed by atoms with Gasteiger partial charge in [0.2, 0.25) is 5.89 Å². The van der Waals surface area contributed by atoms with E-state index in [-0.39, 0.29) is 23.9 Å². The van der Waals surface area contributed by atoms with Crippen molar-refractivity contribution in [3.63, 3.8) is 0 Å². The van der Waals surface area contributed by atoms with E-state index in [2.05, 4.69) is 25.1 Å². The molecule has 1 saturated heterocycles. The number of imidazole rings is 1. The van der Waals surface area contributed by atoms with Gasteiger partial charge in [-0.2, -0.15) is 4.31 Å². The average Bonchev–Trinajstić information content (AvgIpc) is 3.50. The maximum Gasteiger partial charge on any atom is 0.270 e. The van der Waals surface area contributed by atoms with Gasteiger partial charge in [-0.3, -0.25) is 0 Å². The van der Waals surface area contributed by atoms with E-state index in [1.54, 1.807) is 17.8 Å². The van der Waals surface area contributed by atoms with Crippen molar-refractivity contribution in [3.8, 4) is 23.0 Å². The monoisotopic (exact) mass is 469 g/mol. The Morgan fingerprint density at radius 3 is 2.45 bits per heavy atom. The van der Waals surface area contributed by atoms with Crippen LogP contribution >= 0.6 is 0 Å². The van der Waals surface area contributed by atoms with Gasteiger partial charge in [0.05, 0.1) is 12.5 Å². The molecule has 0 bridgehead atoms. The molecule has 0 amide bonds. The Kier molecular flexibility index (Phi) is 5.26. The third-order valence-electron chi connectivity index (χ3n) is 5.28. The van der Waals surface area contributed by atoms with Crippen LogP contribution in [0.5, 0.6) is 0 Å². The summed E-state index contributed by atoms with van der Waals surface area (Å²) in [5.74, 6) is 1.23. The third kappa shape index (κ3) is 4.03. The molecule has 0 saturated carbocycles. The van der Waals surface area contributed by atoms with Crippen molar-refractivity contribution in [2.24, 2.45) is 7.05 Å². The van der Waals surface area contributed by atoms with Crippen molar-refractivity contribution in [1.82, 2.24) is 34.0 Å². The number of nitrogens with two attached hydrogens (primary N) is 1. The number of aromatic nitrogens is 6. The van der Waals surface area contributed by atoms with Crippen LogP contribution < -0.4 is 10.6 Å². The van der Waals surface area contributed by atoms with Gasteiger partial charge in [0.1, 0.15) is 5.82 Å². The Hall–Kier alpha value is -3.84. The number of hydrogen-bond acceptors (Lipinski definition) is 10. The van der Waals surface area contributed by atoms with Gasteiger partial charge in [0.25, 0.3) is 15.9 Å². The molecule has 12 nitrogen and oxygen atoms in total. The Bertz CT molecular complexity index is 1380. The first-order valence-corrected chi connectivity index (χ1v) is 11.6. The first kappa shape index (κ1) is 21.0. The Morgan fingerprint density at radius 2 is 1.76 bits per heavy atom. The number of rotatable bonds is 5. The number of sulfonamides is 1. The predicted octanol–water partition coefficient (Wildman–Crippen LogP) is 1.27. The molecule has 3 aromatic heterocycles. The fourth-order valence-corrected chi connectivity index (χ4v) is 4.92. The fourth-order valence-electron chi connectivity index (χ4n) is 3.53. The lowest BCUT2D eigenvalue weighted by Crippen LogP contribution is -2.49. The van der Waals surface area contributed by atoms with E-state index in [1.807, 2.05) is 35.2 Å². The maximum atomic E-state index is 12.8. The van der Waals surface area contributed by atoms with Crippen LogP contribution in [0.1, 0.15) is 1.43 Å². The summed E-state index contributed by atoms with van der Waals surface area (Å²) in [7, 11) is -1.91. The Balaban J connectivity index is 0.00000274. The largest absolute Gasteiger partial charge is 0.414 e. The lowest BCUT2D eigenvalue weighted by Gasteiger charge is -2.34. The zero-order chi connectivity index (χ0) is 23.0. The molecule has 1 fully saturated rings. The highest BCUT2D eigenvalue weighted by Crippen LogP contribution is 2.27. The van der Waals surface area contributed by atoms with Crippen LogP contribution in [0.2, 0.25) is 0 Å². The summed E-state index contributed by atoms with van der Waals surface area (Å²) in [6, 6.07) is 9.38. The lowest BCUT2D eigenvalue weighted by molar-refractivity contribution is 0.382.